The summed E-state index contributed by atoms with van der Waals surface area (Å²) in [6, 6.07) is 9.96. The second-order valence-electron chi connectivity index (χ2n) is 8.27. The van der Waals surface area contributed by atoms with E-state index in [9.17, 15) is 0 Å². The molecule has 8 nitrogen and oxygen atoms in total. The highest BCUT2D eigenvalue weighted by Gasteiger charge is 2.20. The van der Waals surface area contributed by atoms with Gasteiger partial charge in [-0.15, -0.1) is 5.10 Å². The number of rotatable bonds is 5. The maximum absolute atomic E-state index is 6.30. The minimum Gasteiger partial charge on any atom is -0.375 e. The summed E-state index contributed by atoms with van der Waals surface area (Å²) >= 11 is 7.97. The number of halogens is 1. The minimum absolute atomic E-state index is 0.521. The normalized spacial score (nSPS) is 15.0. The molecular formula is C23H23ClN8S. The Kier molecular flexibility index (Phi) is 5.17. The van der Waals surface area contributed by atoms with E-state index < -0.39 is 0 Å². The Bertz CT molecular complexity index is 1420. The van der Waals surface area contributed by atoms with Crippen LogP contribution in [0.25, 0.3) is 27.9 Å². The maximum atomic E-state index is 6.30. The summed E-state index contributed by atoms with van der Waals surface area (Å²) in [5, 5.41) is 13.4. The molecule has 0 amide bonds. The standard InChI is InChI=1S/C23H23ClN8S/c1-30-6-8-31(9-7-30)21-11-18(23-26-12-19(32(23)29-21)15-5-10-33-14-15)25-13-20-27-17-4-2-3-16(24)22(17)28-20/h2-5,10-12,14,25H,6-9,13H2,1H3,(H,27,28). The Labute approximate surface area is 199 Å². The molecule has 10 heteroatoms. The fourth-order valence-corrected chi connectivity index (χ4v) is 5.06. The van der Waals surface area contributed by atoms with Crippen LogP contribution >= 0.6 is 22.9 Å². The lowest BCUT2D eigenvalue weighted by molar-refractivity contribution is 0.311. The molecule has 33 heavy (non-hydrogen) atoms. The Morgan fingerprint density at radius 1 is 1.18 bits per heavy atom. The monoisotopic (exact) mass is 478 g/mol. The van der Waals surface area contributed by atoms with Gasteiger partial charge in [0.15, 0.2) is 11.5 Å². The van der Waals surface area contributed by atoms with E-state index in [0.29, 0.717) is 11.6 Å². The first-order valence-corrected chi connectivity index (χ1v) is 12.2. The van der Waals surface area contributed by atoms with Crippen LogP contribution in [0.4, 0.5) is 11.5 Å². The van der Waals surface area contributed by atoms with Gasteiger partial charge in [-0.3, -0.25) is 0 Å². The highest BCUT2D eigenvalue weighted by molar-refractivity contribution is 7.08. The van der Waals surface area contributed by atoms with Gasteiger partial charge < -0.3 is 20.1 Å². The molecular weight excluding hydrogens is 456 g/mol. The van der Waals surface area contributed by atoms with Gasteiger partial charge in [0.2, 0.25) is 0 Å². The van der Waals surface area contributed by atoms with E-state index in [-0.39, 0.29) is 0 Å². The third-order valence-corrected chi connectivity index (χ3v) is 7.05. The number of aromatic nitrogens is 5. The van der Waals surface area contributed by atoms with E-state index in [2.05, 4.69) is 55.0 Å². The Hall–Kier alpha value is -3.14. The van der Waals surface area contributed by atoms with Gasteiger partial charge in [-0.25, -0.2) is 14.5 Å². The fourth-order valence-electron chi connectivity index (χ4n) is 4.19. The number of piperazine rings is 1. The highest BCUT2D eigenvalue weighted by Crippen LogP contribution is 2.29. The lowest BCUT2D eigenvalue weighted by Crippen LogP contribution is -2.45. The van der Waals surface area contributed by atoms with E-state index in [1.807, 2.05) is 28.9 Å². The fraction of sp³-hybridized carbons (Fsp3) is 0.261. The number of thiophene rings is 1. The van der Waals surface area contributed by atoms with Gasteiger partial charge in [0.25, 0.3) is 0 Å². The molecule has 168 valence electrons. The first kappa shape index (κ1) is 20.5. The molecule has 1 saturated heterocycles. The summed E-state index contributed by atoms with van der Waals surface area (Å²) in [6.07, 6.45) is 1.89. The quantitative estimate of drug-likeness (QED) is 0.391. The number of benzene rings is 1. The van der Waals surface area contributed by atoms with Crippen LogP contribution in [-0.4, -0.2) is 62.7 Å². The predicted octanol–water partition coefficient (Wildman–Crippen LogP) is 4.35. The van der Waals surface area contributed by atoms with Gasteiger partial charge in [0.1, 0.15) is 11.3 Å². The van der Waals surface area contributed by atoms with Crippen LogP contribution in [0.15, 0.2) is 47.3 Å². The number of imidazole rings is 2. The molecule has 0 saturated carbocycles. The molecule has 6 rings (SSSR count). The molecule has 0 bridgehead atoms. The molecule has 5 heterocycles. The van der Waals surface area contributed by atoms with Crippen molar-refractivity contribution >= 4 is 51.1 Å². The SMILES string of the molecule is CN1CCN(c2cc(NCc3nc4c(Cl)cccc4[nH]3)c3ncc(-c4ccsc4)n3n2)CC1. The van der Waals surface area contributed by atoms with Gasteiger partial charge >= 0.3 is 0 Å². The molecule has 0 radical (unpaired) electrons. The van der Waals surface area contributed by atoms with E-state index in [1.165, 1.54) is 0 Å². The summed E-state index contributed by atoms with van der Waals surface area (Å²) in [5.74, 6) is 1.76. The molecule has 4 aromatic heterocycles. The van der Waals surface area contributed by atoms with E-state index in [0.717, 1.165) is 71.4 Å². The van der Waals surface area contributed by atoms with E-state index in [4.69, 9.17) is 21.7 Å². The van der Waals surface area contributed by atoms with Crippen LogP contribution in [-0.2, 0) is 6.54 Å². The van der Waals surface area contributed by atoms with Gasteiger partial charge in [-0.2, -0.15) is 11.3 Å². The van der Waals surface area contributed by atoms with Crippen LogP contribution in [0.3, 0.4) is 0 Å². The third-order valence-electron chi connectivity index (χ3n) is 6.06. The van der Waals surface area contributed by atoms with E-state index >= 15 is 0 Å². The Morgan fingerprint density at radius 2 is 2.06 bits per heavy atom. The van der Waals surface area contributed by atoms with Crippen LogP contribution in [0.2, 0.25) is 5.02 Å². The lowest BCUT2D eigenvalue weighted by atomic mass is 10.3. The van der Waals surface area contributed by atoms with Gasteiger partial charge in [0, 0.05) is 43.2 Å². The highest BCUT2D eigenvalue weighted by atomic mass is 35.5. The third kappa shape index (κ3) is 3.82. The van der Waals surface area contributed by atoms with Gasteiger partial charge in [-0.05, 0) is 30.6 Å². The molecule has 1 aliphatic heterocycles. The molecule has 1 fully saturated rings. The van der Waals surface area contributed by atoms with Crippen molar-refractivity contribution in [1.29, 1.82) is 0 Å². The number of hydrogen-bond acceptors (Lipinski definition) is 7. The van der Waals surface area contributed by atoms with Crippen molar-refractivity contribution in [1.82, 2.24) is 29.5 Å². The molecule has 1 aromatic carbocycles. The molecule has 0 unspecified atom stereocenters. The van der Waals surface area contributed by atoms with Crippen LogP contribution < -0.4 is 10.2 Å². The van der Waals surface area contributed by atoms with Crippen molar-refractivity contribution < 1.29 is 0 Å². The summed E-state index contributed by atoms with van der Waals surface area (Å²) in [4.78, 5) is 17.4. The topological polar surface area (TPSA) is 77.4 Å². The van der Waals surface area contributed by atoms with Gasteiger partial charge in [0.05, 0.1) is 34.7 Å². The van der Waals surface area contributed by atoms with Crippen molar-refractivity contribution in [2.24, 2.45) is 0 Å². The average molecular weight is 479 g/mol. The molecule has 0 spiro atoms. The smallest absolute Gasteiger partial charge is 0.177 e. The number of nitrogens with one attached hydrogen (secondary N) is 2. The molecule has 0 atom stereocenters. The number of aromatic amines is 1. The first-order chi connectivity index (χ1) is 16.2. The zero-order valence-electron chi connectivity index (χ0n) is 18.1. The second kappa shape index (κ2) is 8.33. The predicted molar refractivity (Wildman–Crippen MR) is 134 cm³/mol. The summed E-state index contributed by atoms with van der Waals surface area (Å²) in [5.41, 5.74) is 5.54. The average Bonchev–Trinajstić information content (AvgIpc) is 3.57. The van der Waals surface area contributed by atoms with E-state index in [1.54, 1.807) is 11.3 Å². The Morgan fingerprint density at radius 3 is 2.85 bits per heavy atom. The Balaban J connectivity index is 1.38. The van der Waals surface area contributed by atoms with Crippen LogP contribution in [0.1, 0.15) is 5.82 Å². The summed E-state index contributed by atoms with van der Waals surface area (Å²) in [7, 11) is 2.16. The van der Waals surface area contributed by atoms with Crippen molar-refractivity contribution in [2.75, 3.05) is 43.4 Å². The van der Waals surface area contributed by atoms with Crippen molar-refractivity contribution in [3.05, 3.63) is 58.1 Å². The zero-order valence-corrected chi connectivity index (χ0v) is 19.7. The molecule has 5 aromatic rings. The van der Waals surface area contributed by atoms with Gasteiger partial charge in [-0.1, -0.05) is 17.7 Å². The summed E-state index contributed by atoms with van der Waals surface area (Å²) in [6.45, 7) is 4.44. The van der Waals surface area contributed by atoms with Crippen molar-refractivity contribution in [2.45, 2.75) is 6.54 Å². The molecule has 2 N–H and O–H groups in total. The van der Waals surface area contributed by atoms with Crippen molar-refractivity contribution in [3.63, 3.8) is 0 Å². The van der Waals surface area contributed by atoms with Crippen LogP contribution in [0, 0.1) is 0 Å². The largest absolute Gasteiger partial charge is 0.375 e. The van der Waals surface area contributed by atoms with Crippen LogP contribution in [0.5, 0.6) is 0 Å². The second-order valence-corrected chi connectivity index (χ2v) is 9.46. The number of likely N-dealkylation sites (N-methyl/N-ethyl adjacent to an activating group) is 1. The first-order valence-electron chi connectivity index (χ1n) is 10.9. The summed E-state index contributed by atoms with van der Waals surface area (Å²) < 4.78 is 1.95. The zero-order chi connectivity index (χ0) is 22.4. The molecule has 0 aliphatic carbocycles. The lowest BCUT2D eigenvalue weighted by Gasteiger charge is -2.33. The molecule has 1 aliphatic rings. The van der Waals surface area contributed by atoms with Crippen molar-refractivity contribution in [3.8, 4) is 11.3 Å². The number of nitrogens with zero attached hydrogens (tertiary/aromatic N) is 6. The minimum atomic E-state index is 0.521. The maximum Gasteiger partial charge on any atom is 0.177 e. The number of fused-ring (bicyclic) bond motifs is 2. The number of anilines is 2. The number of para-hydroxylation sites is 1. The number of hydrogen-bond donors (Lipinski definition) is 2. The number of H-pyrrole nitrogens is 1.